The van der Waals surface area contributed by atoms with Crippen molar-refractivity contribution >= 4 is 15.9 Å². The number of aliphatic hydroxyl groups is 2. The van der Waals surface area contributed by atoms with Crippen LogP contribution in [0.25, 0.3) is 0 Å². The van der Waals surface area contributed by atoms with Crippen LogP contribution in [-0.2, 0) is 10.0 Å². The fraction of sp³-hybridized carbons (Fsp3) is 0.300. The maximum atomic E-state index is 11.7. The number of rotatable bonds is 6. The minimum atomic E-state index is -3.78. The summed E-state index contributed by atoms with van der Waals surface area (Å²) in [5, 5.41) is 17.6. The quantitative estimate of drug-likeness (QED) is 0.497. The molecule has 8 heteroatoms. The van der Waals surface area contributed by atoms with E-state index in [2.05, 4.69) is 4.72 Å². The van der Waals surface area contributed by atoms with Crippen molar-refractivity contribution in [2.75, 3.05) is 13.2 Å². The van der Waals surface area contributed by atoms with E-state index in [0.29, 0.717) is 0 Å². The van der Waals surface area contributed by atoms with Crippen LogP contribution in [0.4, 0.5) is 0 Å². The summed E-state index contributed by atoms with van der Waals surface area (Å²) in [5.74, 6) is -0.650. The maximum Gasteiger partial charge on any atom is 0.248 e. The van der Waals surface area contributed by atoms with Crippen molar-refractivity contribution in [3.05, 3.63) is 29.8 Å². The zero-order valence-corrected chi connectivity index (χ0v) is 10.2. The number of nitrogens with two attached hydrogens (primary N) is 1. The Balaban J connectivity index is 2.82. The van der Waals surface area contributed by atoms with Crippen LogP contribution in [0.2, 0.25) is 0 Å². The van der Waals surface area contributed by atoms with Crippen molar-refractivity contribution in [3.63, 3.8) is 0 Å². The van der Waals surface area contributed by atoms with Gasteiger partial charge in [-0.05, 0) is 24.3 Å². The summed E-state index contributed by atoms with van der Waals surface area (Å²) in [4.78, 5) is 10.8. The highest BCUT2D eigenvalue weighted by Crippen LogP contribution is 2.10. The minimum absolute atomic E-state index is 0.0577. The maximum absolute atomic E-state index is 11.7. The van der Waals surface area contributed by atoms with Gasteiger partial charge in [0.25, 0.3) is 0 Å². The van der Waals surface area contributed by atoms with E-state index in [1.165, 1.54) is 24.3 Å². The second-order valence-corrected chi connectivity index (χ2v) is 5.34. The first-order valence-electron chi connectivity index (χ1n) is 5.05. The Hall–Kier alpha value is -1.48. The highest BCUT2D eigenvalue weighted by molar-refractivity contribution is 7.89. The molecule has 1 unspecified atom stereocenters. The second kappa shape index (κ2) is 5.91. The average molecular weight is 274 g/mol. The molecule has 1 rings (SSSR count). The van der Waals surface area contributed by atoms with Gasteiger partial charge in [-0.3, -0.25) is 4.79 Å². The van der Waals surface area contributed by atoms with E-state index in [0.717, 1.165) is 0 Å². The lowest BCUT2D eigenvalue weighted by Gasteiger charge is -2.09. The van der Waals surface area contributed by atoms with Crippen molar-refractivity contribution in [1.29, 1.82) is 0 Å². The van der Waals surface area contributed by atoms with E-state index in [1.54, 1.807) is 0 Å². The van der Waals surface area contributed by atoms with Crippen LogP contribution in [0.1, 0.15) is 10.4 Å². The minimum Gasteiger partial charge on any atom is -0.394 e. The van der Waals surface area contributed by atoms with Crippen LogP contribution < -0.4 is 10.5 Å². The Bertz CT molecular complexity index is 512. The van der Waals surface area contributed by atoms with Crippen molar-refractivity contribution in [2.45, 2.75) is 11.0 Å². The van der Waals surface area contributed by atoms with Gasteiger partial charge in [0.1, 0.15) is 0 Å². The molecule has 0 radical (unpaired) electrons. The van der Waals surface area contributed by atoms with Gasteiger partial charge < -0.3 is 15.9 Å². The van der Waals surface area contributed by atoms with E-state index >= 15 is 0 Å². The third-order valence-electron chi connectivity index (χ3n) is 2.17. The molecule has 18 heavy (non-hydrogen) atoms. The van der Waals surface area contributed by atoms with E-state index in [9.17, 15) is 13.2 Å². The van der Waals surface area contributed by atoms with Crippen LogP contribution in [0.15, 0.2) is 29.2 Å². The molecule has 5 N–H and O–H groups in total. The highest BCUT2D eigenvalue weighted by Gasteiger charge is 2.15. The third kappa shape index (κ3) is 3.77. The van der Waals surface area contributed by atoms with Crippen LogP contribution in [0.3, 0.4) is 0 Å². The first-order valence-corrected chi connectivity index (χ1v) is 6.53. The van der Waals surface area contributed by atoms with Crippen molar-refractivity contribution in [2.24, 2.45) is 5.73 Å². The summed E-state index contributed by atoms with van der Waals surface area (Å²) in [7, 11) is -3.78. The van der Waals surface area contributed by atoms with Crippen LogP contribution in [-0.4, -0.2) is 43.8 Å². The molecule has 0 aromatic heterocycles. The molecular formula is C10H14N2O5S. The number of benzene rings is 1. The first-order chi connectivity index (χ1) is 8.36. The topological polar surface area (TPSA) is 130 Å². The zero-order chi connectivity index (χ0) is 13.8. The molecule has 0 saturated carbocycles. The molecule has 7 nitrogen and oxygen atoms in total. The lowest BCUT2D eigenvalue weighted by molar-refractivity contribution is 0.0988. The summed E-state index contributed by atoms with van der Waals surface area (Å²) in [5.41, 5.74) is 5.22. The lowest BCUT2D eigenvalue weighted by Crippen LogP contribution is -2.33. The SMILES string of the molecule is NC(=O)c1ccc(S(=O)(=O)NCC(O)CO)cc1. The van der Waals surface area contributed by atoms with Crippen molar-refractivity contribution in [1.82, 2.24) is 4.72 Å². The summed E-state index contributed by atoms with van der Waals surface area (Å²) in [6.07, 6.45) is -1.16. The van der Waals surface area contributed by atoms with Gasteiger partial charge in [-0.2, -0.15) is 0 Å². The van der Waals surface area contributed by atoms with Gasteiger partial charge in [-0.15, -0.1) is 0 Å². The molecule has 0 fully saturated rings. The number of sulfonamides is 1. The van der Waals surface area contributed by atoms with Gasteiger partial charge in [0.2, 0.25) is 15.9 Å². The third-order valence-corrected chi connectivity index (χ3v) is 3.61. The number of primary amides is 1. The predicted octanol–water partition coefficient (Wildman–Crippen LogP) is -1.58. The Morgan fingerprint density at radius 1 is 1.33 bits per heavy atom. The van der Waals surface area contributed by atoms with E-state index in [1.807, 2.05) is 0 Å². The molecule has 1 aromatic rings. The smallest absolute Gasteiger partial charge is 0.248 e. The van der Waals surface area contributed by atoms with E-state index < -0.39 is 28.6 Å². The number of amides is 1. The molecule has 0 saturated heterocycles. The fourth-order valence-electron chi connectivity index (χ4n) is 1.15. The Morgan fingerprint density at radius 3 is 2.33 bits per heavy atom. The molecule has 0 aliphatic carbocycles. The monoisotopic (exact) mass is 274 g/mol. The number of carbonyl (C=O) groups excluding carboxylic acids is 1. The molecule has 0 heterocycles. The molecular weight excluding hydrogens is 260 g/mol. The molecule has 0 bridgehead atoms. The zero-order valence-electron chi connectivity index (χ0n) is 9.41. The molecule has 1 amide bonds. The summed E-state index contributed by atoms with van der Waals surface area (Å²) < 4.78 is 25.5. The molecule has 1 atom stereocenters. The number of hydrogen-bond donors (Lipinski definition) is 4. The highest BCUT2D eigenvalue weighted by atomic mass is 32.2. The largest absolute Gasteiger partial charge is 0.394 e. The fourth-order valence-corrected chi connectivity index (χ4v) is 2.22. The lowest BCUT2D eigenvalue weighted by atomic mass is 10.2. The molecule has 1 aromatic carbocycles. The number of nitrogens with one attached hydrogen (secondary N) is 1. The van der Waals surface area contributed by atoms with Gasteiger partial charge in [0.15, 0.2) is 0 Å². The summed E-state index contributed by atoms with van der Waals surface area (Å²) >= 11 is 0. The first kappa shape index (κ1) is 14.6. The van der Waals surface area contributed by atoms with Crippen LogP contribution in [0.5, 0.6) is 0 Å². The Labute approximate surface area is 104 Å². The van der Waals surface area contributed by atoms with Gasteiger partial charge in [0.05, 0.1) is 17.6 Å². The van der Waals surface area contributed by atoms with E-state index in [-0.39, 0.29) is 17.0 Å². The van der Waals surface area contributed by atoms with Crippen LogP contribution >= 0.6 is 0 Å². The molecule has 100 valence electrons. The summed E-state index contributed by atoms with van der Waals surface area (Å²) in [6, 6.07) is 5.04. The number of hydrogen-bond acceptors (Lipinski definition) is 5. The summed E-state index contributed by atoms with van der Waals surface area (Å²) in [6.45, 7) is -0.834. The van der Waals surface area contributed by atoms with Gasteiger partial charge in [0, 0.05) is 12.1 Å². The van der Waals surface area contributed by atoms with Gasteiger partial charge >= 0.3 is 0 Å². The number of aliphatic hydroxyl groups excluding tert-OH is 2. The van der Waals surface area contributed by atoms with Gasteiger partial charge in [-0.1, -0.05) is 0 Å². The molecule has 0 spiro atoms. The second-order valence-electron chi connectivity index (χ2n) is 3.58. The Kier molecular flexibility index (Phi) is 4.79. The standard InChI is InChI=1S/C10H14N2O5S/c11-10(15)7-1-3-9(4-2-7)18(16,17)12-5-8(14)6-13/h1-4,8,12-14H,5-6H2,(H2,11,15). The normalized spacial score (nSPS) is 13.2. The van der Waals surface area contributed by atoms with Crippen molar-refractivity contribution in [3.8, 4) is 0 Å². The number of carbonyl (C=O) groups is 1. The van der Waals surface area contributed by atoms with Crippen LogP contribution in [0, 0.1) is 0 Å². The molecule has 0 aliphatic heterocycles. The van der Waals surface area contributed by atoms with Gasteiger partial charge in [-0.25, -0.2) is 13.1 Å². The molecule has 0 aliphatic rings. The Morgan fingerprint density at radius 2 is 1.89 bits per heavy atom. The predicted molar refractivity (Wildman–Crippen MR) is 63.2 cm³/mol. The van der Waals surface area contributed by atoms with E-state index in [4.69, 9.17) is 15.9 Å². The average Bonchev–Trinajstić information content (AvgIpc) is 2.36. The van der Waals surface area contributed by atoms with Crippen molar-refractivity contribution < 1.29 is 23.4 Å².